The van der Waals surface area contributed by atoms with Gasteiger partial charge in [-0.3, -0.25) is 4.79 Å². The maximum absolute atomic E-state index is 13.9. The maximum atomic E-state index is 13.9. The minimum atomic E-state index is -2.58. The summed E-state index contributed by atoms with van der Waals surface area (Å²) >= 11 is 0. The van der Waals surface area contributed by atoms with Gasteiger partial charge in [0, 0.05) is 29.3 Å². The van der Waals surface area contributed by atoms with E-state index in [2.05, 4.69) is 10.00 Å². The molecular formula is C25H34F2N4O. The first-order chi connectivity index (χ1) is 15.5. The molecule has 0 bridgehead atoms. The number of aromatic nitrogens is 3. The van der Waals surface area contributed by atoms with Crippen molar-refractivity contribution in [1.29, 1.82) is 0 Å². The van der Waals surface area contributed by atoms with Gasteiger partial charge in [-0.2, -0.15) is 5.10 Å². The minimum Gasteiger partial charge on any atom is -0.335 e. The largest absolute Gasteiger partial charge is 0.335 e. The Labute approximate surface area is 188 Å². The smallest absolute Gasteiger partial charge is 0.264 e. The maximum Gasteiger partial charge on any atom is 0.264 e. The molecule has 0 unspecified atom stereocenters. The molecule has 0 radical (unpaired) electrons. The third kappa shape index (κ3) is 4.27. The Hall–Kier alpha value is -2.05. The van der Waals surface area contributed by atoms with Gasteiger partial charge in [-0.05, 0) is 51.5 Å². The SMILES string of the molecule is Cc1nn(CC(=O)N(C2CCCCC2)C2CCCCC2)c2nc(C3CC3)cc(C(F)F)c12. The average molecular weight is 445 g/mol. The van der Waals surface area contributed by atoms with Crippen molar-refractivity contribution in [3.63, 3.8) is 0 Å². The minimum absolute atomic E-state index is 0.00418. The molecule has 2 aromatic rings. The number of hydrogen-bond acceptors (Lipinski definition) is 3. The molecule has 5 nitrogen and oxygen atoms in total. The van der Waals surface area contributed by atoms with E-state index in [1.54, 1.807) is 17.7 Å². The molecule has 3 fully saturated rings. The molecule has 3 saturated carbocycles. The molecule has 0 saturated heterocycles. The zero-order chi connectivity index (χ0) is 22.2. The van der Waals surface area contributed by atoms with Crippen LogP contribution in [0.2, 0.25) is 0 Å². The molecule has 5 rings (SSSR count). The summed E-state index contributed by atoms with van der Waals surface area (Å²) in [7, 11) is 0. The van der Waals surface area contributed by atoms with Crippen LogP contribution in [0.15, 0.2) is 6.07 Å². The number of aryl methyl sites for hydroxylation is 1. The van der Waals surface area contributed by atoms with Crippen molar-refractivity contribution in [2.75, 3.05) is 0 Å². The van der Waals surface area contributed by atoms with Crippen LogP contribution in [0.5, 0.6) is 0 Å². The second-order valence-corrected chi connectivity index (χ2v) is 10.0. The van der Waals surface area contributed by atoms with Crippen molar-refractivity contribution in [3.8, 4) is 0 Å². The number of carbonyl (C=O) groups excluding carboxylic acids is 1. The van der Waals surface area contributed by atoms with Crippen molar-refractivity contribution in [1.82, 2.24) is 19.7 Å². The Balaban J connectivity index is 1.48. The zero-order valence-corrected chi connectivity index (χ0v) is 19.0. The van der Waals surface area contributed by atoms with Crippen molar-refractivity contribution in [2.45, 2.75) is 115 Å². The highest BCUT2D eigenvalue weighted by Gasteiger charge is 2.34. The number of alkyl halides is 2. The first kappa shape index (κ1) is 21.8. The molecule has 1 amide bonds. The Bertz CT molecular complexity index is 954. The zero-order valence-electron chi connectivity index (χ0n) is 19.0. The Morgan fingerprint density at radius 2 is 1.62 bits per heavy atom. The van der Waals surface area contributed by atoms with Crippen LogP contribution in [-0.2, 0) is 11.3 Å². The predicted octanol–water partition coefficient (Wildman–Crippen LogP) is 6.05. The van der Waals surface area contributed by atoms with Gasteiger partial charge in [0.25, 0.3) is 6.43 Å². The van der Waals surface area contributed by atoms with E-state index in [1.165, 1.54) is 38.5 Å². The summed E-state index contributed by atoms with van der Waals surface area (Å²) in [6, 6.07) is 2.16. The molecule has 0 spiro atoms. The van der Waals surface area contributed by atoms with Gasteiger partial charge in [-0.1, -0.05) is 38.5 Å². The van der Waals surface area contributed by atoms with E-state index < -0.39 is 6.43 Å². The van der Waals surface area contributed by atoms with Crippen molar-refractivity contribution < 1.29 is 13.6 Å². The number of pyridine rings is 1. The van der Waals surface area contributed by atoms with E-state index >= 15 is 0 Å². The molecule has 3 aliphatic rings. The summed E-state index contributed by atoms with van der Waals surface area (Å²) in [6.07, 6.45) is 10.9. The predicted molar refractivity (Wildman–Crippen MR) is 120 cm³/mol. The number of hydrogen-bond donors (Lipinski definition) is 0. The van der Waals surface area contributed by atoms with Crippen LogP contribution in [0, 0.1) is 6.92 Å². The molecule has 2 aromatic heterocycles. The van der Waals surface area contributed by atoms with Crippen LogP contribution in [-0.4, -0.2) is 37.7 Å². The van der Waals surface area contributed by atoms with Crippen LogP contribution in [0.25, 0.3) is 11.0 Å². The number of fused-ring (bicyclic) bond motifs is 1. The van der Waals surface area contributed by atoms with E-state index in [9.17, 15) is 13.6 Å². The molecule has 2 heterocycles. The van der Waals surface area contributed by atoms with Crippen LogP contribution in [0.1, 0.15) is 106 Å². The topological polar surface area (TPSA) is 51.0 Å². The lowest BCUT2D eigenvalue weighted by atomic mass is 9.88. The van der Waals surface area contributed by atoms with E-state index in [1.807, 2.05) is 0 Å². The summed E-state index contributed by atoms with van der Waals surface area (Å²) in [5.41, 5.74) is 1.70. The lowest BCUT2D eigenvalue weighted by Crippen LogP contribution is -2.50. The molecule has 0 aromatic carbocycles. The first-order valence-electron chi connectivity index (χ1n) is 12.5. The lowest BCUT2D eigenvalue weighted by Gasteiger charge is -2.41. The molecule has 0 atom stereocenters. The molecule has 0 N–H and O–H groups in total. The van der Waals surface area contributed by atoms with Gasteiger partial charge >= 0.3 is 0 Å². The van der Waals surface area contributed by atoms with Crippen molar-refractivity contribution in [3.05, 3.63) is 23.0 Å². The monoisotopic (exact) mass is 444 g/mol. The molecule has 3 aliphatic carbocycles. The second kappa shape index (κ2) is 9.06. The van der Waals surface area contributed by atoms with Crippen LogP contribution >= 0.6 is 0 Å². The summed E-state index contributed by atoms with van der Waals surface area (Å²) < 4.78 is 29.4. The van der Waals surface area contributed by atoms with Gasteiger partial charge < -0.3 is 4.90 Å². The standard InChI is InChI=1S/C25H34F2N4O/c1-16-23-20(24(26)27)14-21(17-12-13-17)28-25(23)30(29-16)15-22(32)31(18-8-4-2-5-9-18)19-10-6-3-7-11-19/h14,17-19,24H,2-13,15H2,1H3. The normalized spacial score (nSPS) is 20.9. The fourth-order valence-corrected chi connectivity index (χ4v) is 5.91. The van der Waals surface area contributed by atoms with Crippen LogP contribution in [0.3, 0.4) is 0 Å². The molecule has 32 heavy (non-hydrogen) atoms. The van der Waals surface area contributed by atoms with Gasteiger partial charge in [0.15, 0.2) is 5.65 Å². The van der Waals surface area contributed by atoms with Gasteiger partial charge in [-0.25, -0.2) is 18.4 Å². The molecule has 0 aliphatic heterocycles. The highest BCUT2D eigenvalue weighted by molar-refractivity contribution is 5.85. The van der Waals surface area contributed by atoms with Crippen molar-refractivity contribution >= 4 is 16.9 Å². The number of rotatable bonds is 6. The van der Waals surface area contributed by atoms with Crippen LogP contribution < -0.4 is 0 Å². The van der Waals surface area contributed by atoms with Gasteiger partial charge in [0.2, 0.25) is 5.91 Å². The first-order valence-corrected chi connectivity index (χ1v) is 12.5. The van der Waals surface area contributed by atoms with Gasteiger partial charge in [0.05, 0.1) is 11.1 Å². The Kier molecular flexibility index (Phi) is 6.17. The lowest BCUT2D eigenvalue weighted by molar-refractivity contribution is -0.138. The molecule has 174 valence electrons. The second-order valence-electron chi connectivity index (χ2n) is 10.0. The molecular weight excluding hydrogens is 410 g/mol. The van der Waals surface area contributed by atoms with Gasteiger partial charge in [0.1, 0.15) is 6.54 Å². The summed E-state index contributed by atoms with van der Waals surface area (Å²) in [5.74, 6) is 0.336. The summed E-state index contributed by atoms with van der Waals surface area (Å²) in [6.45, 7) is 1.83. The van der Waals surface area contributed by atoms with E-state index in [4.69, 9.17) is 4.98 Å². The fraction of sp³-hybridized carbons (Fsp3) is 0.720. The summed E-state index contributed by atoms with van der Waals surface area (Å²) in [5, 5.41) is 4.96. The summed E-state index contributed by atoms with van der Waals surface area (Å²) in [4.78, 5) is 20.6. The highest BCUT2D eigenvalue weighted by atomic mass is 19.3. The third-order valence-electron chi connectivity index (χ3n) is 7.67. The van der Waals surface area contributed by atoms with Crippen molar-refractivity contribution in [2.24, 2.45) is 0 Å². The third-order valence-corrected chi connectivity index (χ3v) is 7.67. The number of halogens is 2. The van der Waals surface area contributed by atoms with E-state index in [0.717, 1.165) is 44.2 Å². The average Bonchev–Trinajstić information content (AvgIpc) is 3.60. The Morgan fingerprint density at radius 3 is 2.16 bits per heavy atom. The van der Waals surface area contributed by atoms with E-state index in [-0.39, 0.29) is 23.9 Å². The highest BCUT2D eigenvalue weighted by Crippen LogP contribution is 2.42. The van der Waals surface area contributed by atoms with Gasteiger partial charge in [-0.15, -0.1) is 0 Å². The Morgan fingerprint density at radius 1 is 1.03 bits per heavy atom. The number of amides is 1. The molecule has 7 heteroatoms. The fourth-order valence-electron chi connectivity index (χ4n) is 5.91. The number of carbonyl (C=O) groups is 1. The van der Waals surface area contributed by atoms with Crippen LogP contribution in [0.4, 0.5) is 8.78 Å². The quantitative estimate of drug-likeness (QED) is 0.545. The van der Waals surface area contributed by atoms with E-state index in [0.29, 0.717) is 28.8 Å². The number of nitrogens with zero attached hydrogens (tertiary/aromatic N) is 4.